The first-order chi connectivity index (χ1) is 21.5. The van der Waals surface area contributed by atoms with Crippen molar-refractivity contribution in [1.82, 2.24) is 4.90 Å². The monoisotopic (exact) mass is 683 g/mol. The Morgan fingerprint density at radius 2 is 1.39 bits per heavy atom. The van der Waals surface area contributed by atoms with Crippen molar-refractivity contribution in [3.8, 4) is 11.5 Å². The van der Waals surface area contributed by atoms with E-state index in [1.807, 2.05) is 24.3 Å². The number of hydrogen-bond acceptors (Lipinski definition) is 6. The van der Waals surface area contributed by atoms with E-state index in [1.54, 1.807) is 30.3 Å². The molecule has 1 aliphatic rings. The second-order valence-corrected chi connectivity index (χ2v) is 13.1. The van der Waals surface area contributed by atoms with Gasteiger partial charge in [0.15, 0.2) is 0 Å². The topological polar surface area (TPSA) is 143 Å². The zero-order valence-electron chi connectivity index (χ0n) is 25.0. The van der Waals surface area contributed by atoms with E-state index in [0.717, 1.165) is 38.7 Å². The Hall–Kier alpha value is -4.29. The molecule has 0 aromatic heterocycles. The summed E-state index contributed by atoms with van der Waals surface area (Å²) in [6.45, 7) is 2.81. The molecule has 5 rings (SSSR count). The third-order valence-corrected chi connectivity index (χ3v) is 8.38. The van der Waals surface area contributed by atoms with Crippen LogP contribution in [-0.4, -0.2) is 44.6 Å². The smallest absolute Gasteiger partial charge is 0.323 e. The van der Waals surface area contributed by atoms with Gasteiger partial charge in [0.1, 0.15) is 11.5 Å². The summed E-state index contributed by atoms with van der Waals surface area (Å²) < 4.78 is 31.1. The minimum Gasteiger partial charge on any atom is -0.457 e. The fourth-order valence-corrected chi connectivity index (χ4v) is 5.99. The van der Waals surface area contributed by atoms with Gasteiger partial charge in [-0.05, 0) is 110 Å². The highest BCUT2D eigenvalue weighted by Gasteiger charge is 2.21. The van der Waals surface area contributed by atoms with Crippen LogP contribution in [0.15, 0.2) is 91.0 Å². The lowest BCUT2D eigenvalue weighted by Gasteiger charge is -2.32. The molecule has 10 nitrogen and oxygen atoms in total. The van der Waals surface area contributed by atoms with E-state index in [9.17, 15) is 18.0 Å². The lowest BCUT2D eigenvalue weighted by atomic mass is 9.89. The fourth-order valence-electron chi connectivity index (χ4n) is 5.21. The molecule has 1 heterocycles. The highest BCUT2D eigenvalue weighted by Crippen LogP contribution is 2.30. The van der Waals surface area contributed by atoms with Crippen molar-refractivity contribution in [1.29, 1.82) is 0 Å². The molecule has 0 saturated carbocycles. The molecule has 0 spiro atoms. The number of nitrogens with zero attached hydrogens (tertiary/aromatic N) is 1. The first-order valence-electron chi connectivity index (χ1n) is 14.3. The van der Waals surface area contributed by atoms with Crippen molar-refractivity contribution >= 4 is 63.0 Å². The highest BCUT2D eigenvalue weighted by molar-refractivity contribution is 7.92. The van der Waals surface area contributed by atoms with E-state index in [4.69, 9.17) is 22.1 Å². The van der Waals surface area contributed by atoms with E-state index in [0.29, 0.717) is 34.5 Å². The van der Waals surface area contributed by atoms with Crippen molar-refractivity contribution < 1.29 is 22.7 Å². The summed E-state index contributed by atoms with van der Waals surface area (Å²) >= 11 is 5.98. The number of hydrogen-bond donors (Lipinski definition) is 4. The van der Waals surface area contributed by atoms with Crippen LogP contribution in [0.3, 0.4) is 0 Å². The summed E-state index contributed by atoms with van der Waals surface area (Å²) in [6.07, 6.45) is 3.19. The Kier molecular flexibility index (Phi) is 11.5. The fraction of sp³-hybridized carbons (Fsp3) is 0.212. The Labute approximate surface area is 279 Å². The van der Waals surface area contributed by atoms with Crippen LogP contribution in [0.4, 0.5) is 21.9 Å². The van der Waals surface area contributed by atoms with E-state index in [2.05, 4.69) is 44.5 Å². The molecule has 4 aromatic rings. The molecule has 5 N–H and O–H groups in total. The van der Waals surface area contributed by atoms with Gasteiger partial charge in [0.25, 0.3) is 0 Å². The van der Waals surface area contributed by atoms with Crippen LogP contribution >= 0.6 is 24.0 Å². The van der Waals surface area contributed by atoms with E-state index < -0.39 is 22.0 Å². The largest absolute Gasteiger partial charge is 0.457 e. The quantitative estimate of drug-likeness (QED) is 0.141. The van der Waals surface area contributed by atoms with Crippen LogP contribution < -0.4 is 25.8 Å². The summed E-state index contributed by atoms with van der Waals surface area (Å²) in [4.78, 5) is 26.4. The second kappa shape index (κ2) is 15.3. The maximum atomic E-state index is 12.5. The Balaban J connectivity index is 0.00000480. The predicted molar refractivity (Wildman–Crippen MR) is 185 cm³/mol. The van der Waals surface area contributed by atoms with Gasteiger partial charge in [0, 0.05) is 23.6 Å². The molecule has 0 aliphatic carbocycles. The summed E-state index contributed by atoms with van der Waals surface area (Å²) in [5, 5.41) is 5.72. The van der Waals surface area contributed by atoms with Crippen molar-refractivity contribution in [3.05, 3.63) is 113 Å². The van der Waals surface area contributed by atoms with Crippen molar-refractivity contribution in [2.75, 3.05) is 34.7 Å². The summed E-state index contributed by atoms with van der Waals surface area (Å²) in [6, 6.07) is 26.8. The summed E-state index contributed by atoms with van der Waals surface area (Å²) in [5.74, 6) is 1.10. The number of primary amides is 1. The third kappa shape index (κ3) is 9.85. The Morgan fingerprint density at radius 3 is 1.98 bits per heavy atom. The molecule has 0 atom stereocenters. The van der Waals surface area contributed by atoms with Gasteiger partial charge < -0.3 is 21.1 Å². The second-order valence-electron chi connectivity index (χ2n) is 11.0. The third-order valence-electron chi connectivity index (χ3n) is 7.44. The molecule has 0 bridgehead atoms. The number of halogens is 2. The summed E-state index contributed by atoms with van der Waals surface area (Å²) in [7, 11) is -3.32. The molecule has 0 radical (unpaired) electrons. The number of nitrogens with two attached hydrogens (primary N) is 1. The Bertz CT molecular complexity index is 1760. The van der Waals surface area contributed by atoms with Gasteiger partial charge in [0.05, 0.1) is 16.8 Å². The zero-order valence-corrected chi connectivity index (χ0v) is 27.4. The molecule has 46 heavy (non-hydrogen) atoms. The first kappa shape index (κ1) is 34.6. The minimum atomic E-state index is -3.32. The van der Waals surface area contributed by atoms with E-state index in [1.165, 1.54) is 23.3 Å². The molecule has 1 aliphatic heterocycles. The van der Waals surface area contributed by atoms with Crippen molar-refractivity contribution in [2.24, 2.45) is 5.73 Å². The standard InChI is InChI=1S/C33H34ClN5O5S.ClH/c1-45(42,43)38-26-8-13-29(14-9-26)44-28-11-2-22(3-12-28)21-39-18-16-24(17-19-39)23-4-6-25(7-5-23)36-33(41)37-27-10-15-31(34)30(20-27)32(35)40;/h2-15,20,24,38H,16-19,21H2,1H3,(H2,35,40)(H2,36,37,41);1H. The van der Waals surface area contributed by atoms with Crippen molar-refractivity contribution in [2.45, 2.75) is 25.3 Å². The maximum Gasteiger partial charge on any atom is 0.323 e. The normalized spacial score (nSPS) is 13.7. The van der Waals surface area contributed by atoms with Crippen LogP contribution in [-0.2, 0) is 16.6 Å². The Morgan fingerprint density at radius 1 is 0.848 bits per heavy atom. The number of carbonyl (C=O) groups is 2. The number of sulfonamides is 1. The number of nitrogens with one attached hydrogen (secondary N) is 3. The number of benzene rings is 4. The molecule has 13 heteroatoms. The van der Waals surface area contributed by atoms with Gasteiger partial charge >= 0.3 is 6.03 Å². The zero-order chi connectivity index (χ0) is 32.0. The van der Waals surface area contributed by atoms with Crippen molar-refractivity contribution in [3.63, 3.8) is 0 Å². The molecule has 1 saturated heterocycles. The number of amides is 3. The molecule has 3 amide bonds. The number of likely N-dealkylation sites (tertiary alicyclic amines) is 1. The maximum absolute atomic E-state index is 12.5. The van der Waals surface area contributed by atoms with Gasteiger partial charge in [-0.1, -0.05) is 35.9 Å². The minimum absolute atomic E-state index is 0. The van der Waals surface area contributed by atoms with Crippen LogP contribution in [0.5, 0.6) is 11.5 Å². The molecule has 242 valence electrons. The number of carbonyl (C=O) groups excluding carboxylic acids is 2. The number of ether oxygens (including phenoxy) is 1. The molecule has 4 aromatic carbocycles. The van der Waals surface area contributed by atoms with E-state index in [-0.39, 0.29) is 23.0 Å². The predicted octanol–water partition coefficient (Wildman–Crippen LogP) is 7.05. The van der Waals surface area contributed by atoms with E-state index >= 15 is 0 Å². The molecular formula is C33H35Cl2N5O5S. The average Bonchev–Trinajstić information content (AvgIpc) is 3.00. The lowest BCUT2D eigenvalue weighted by molar-refractivity contribution is 0.100. The lowest BCUT2D eigenvalue weighted by Crippen LogP contribution is -2.32. The van der Waals surface area contributed by atoms with Gasteiger partial charge in [-0.2, -0.15) is 0 Å². The van der Waals surface area contributed by atoms with Gasteiger partial charge in [0.2, 0.25) is 15.9 Å². The molecule has 0 unspecified atom stereocenters. The SMILES string of the molecule is CS(=O)(=O)Nc1ccc(Oc2ccc(CN3CCC(c4ccc(NC(=O)Nc5ccc(Cl)c(C(N)=O)c5)cc4)CC3)cc2)cc1.Cl. The number of anilines is 3. The van der Waals surface area contributed by atoms with Crippen LogP contribution in [0.1, 0.15) is 40.2 Å². The number of urea groups is 1. The van der Waals surface area contributed by atoms with Crippen LogP contribution in [0.25, 0.3) is 0 Å². The molecule has 1 fully saturated rings. The number of rotatable bonds is 10. The average molecular weight is 685 g/mol. The van der Waals surface area contributed by atoms with Gasteiger partial charge in [-0.3, -0.25) is 14.4 Å². The van der Waals surface area contributed by atoms with Gasteiger partial charge in [-0.25, -0.2) is 13.2 Å². The summed E-state index contributed by atoms with van der Waals surface area (Å²) in [5.41, 5.74) is 9.46. The van der Waals surface area contributed by atoms with Crippen LogP contribution in [0.2, 0.25) is 5.02 Å². The number of piperidine rings is 1. The van der Waals surface area contributed by atoms with Gasteiger partial charge in [-0.15, -0.1) is 12.4 Å². The van der Waals surface area contributed by atoms with Crippen LogP contribution in [0, 0.1) is 0 Å². The molecular weight excluding hydrogens is 649 g/mol. The highest BCUT2D eigenvalue weighted by atomic mass is 35.5. The first-order valence-corrected chi connectivity index (χ1v) is 16.6.